The van der Waals surface area contributed by atoms with Crippen molar-refractivity contribution in [1.82, 2.24) is 4.90 Å². The molecule has 1 N–H and O–H groups in total. The number of hydrogen-bond donors (Lipinski definition) is 1. The molecule has 0 aromatic heterocycles. The van der Waals surface area contributed by atoms with E-state index in [4.69, 9.17) is 4.74 Å². The highest BCUT2D eigenvalue weighted by atomic mass is 19.1. The summed E-state index contributed by atoms with van der Waals surface area (Å²) in [7, 11) is 0. The van der Waals surface area contributed by atoms with Crippen molar-refractivity contribution in [1.29, 1.82) is 0 Å². The third-order valence-corrected chi connectivity index (χ3v) is 6.87. The standard InChI is InChI=1S/C31H33F2NO4/c1-20(2)24-8-4-22(5-9-24)16-31(3)17-25-12-21(6-10-28(25)38-31)7-11-29(35)34(19-30(36)37)18-23-13-26(32)15-27(33)14-23/h4-6,8-10,12-15,20H,7,11,16-19H2,1-3H3,(H,36,37)/t31-/m1/s1. The highest BCUT2D eigenvalue weighted by molar-refractivity contribution is 5.81. The second-order valence-electron chi connectivity index (χ2n) is 10.7. The van der Waals surface area contributed by atoms with Gasteiger partial charge >= 0.3 is 5.97 Å². The van der Waals surface area contributed by atoms with Crippen LogP contribution in [-0.4, -0.2) is 34.0 Å². The van der Waals surface area contributed by atoms with Gasteiger partial charge in [0.05, 0.1) is 0 Å². The number of carbonyl (C=O) groups excluding carboxylic acids is 1. The number of benzene rings is 3. The van der Waals surface area contributed by atoms with Crippen molar-refractivity contribution in [3.05, 3.63) is 100 Å². The van der Waals surface area contributed by atoms with Crippen molar-refractivity contribution in [2.45, 2.75) is 64.5 Å². The molecule has 3 aromatic rings. The summed E-state index contributed by atoms with van der Waals surface area (Å²) in [5, 5.41) is 9.25. The molecule has 0 radical (unpaired) electrons. The highest BCUT2D eigenvalue weighted by Crippen LogP contribution is 2.38. The molecule has 1 heterocycles. The Bertz CT molecular complexity index is 1300. The Morgan fingerprint density at radius 3 is 2.26 bits per heavy atom. The van der Waals surface area contributed by atoms with Crippen LogP contribution in [0.5, 0.6) is 5.75 Å². The first kappa shape index (κ1) is 27.3. The molecule has 1 atom stereocenters. The molecule has 0 saturated carbocycles. The monoisotopic (exact) mass is 521 g/mol. The van der Waals surface area contributed by atoms with Crippen LogP contribution in [0.1, 0.15) is 60.9 Å². The fourth-order valence-electron chi connectivity index (χ4n) is 5.01. The van der Waals surface area contributed by atoms with E-state index in [0.717, 1.165) is 52.8 Å². The Morgan fingerprint density at radius 1 is 0.974 bits per heavy atom. The lowest BCUT2D eigenvalue weighted by Gasteiger charge is -2.24. The summed E-state index contributed by atoms with van der Waals surface area (Å²) in [5.41, 5.74) is 4.37. The molecular weight excluding hydrogens is 488 g/mol. The van der Waals surface area contributed by atoms with E-state index in [2.05, 4.69) is 45.0 Å². The summed E-state index contributed by atoms with van der Waals surface area (Å²) in [6, 6.07) is 17.5. The number of carbonyl (C=O) groups is 2. The molecular formula is C31H33F2NO4. The number of carboxylic acids is 1. The maximum Gasteiger partial charge on any atom is 0.323 e. The van der Waals surface area contributed by atoms with Gasteiger partial charge in [-0.3, -0.25) is 9.59 Å². The van der Waals surface area contributed by atoms with Crippen molar-refractivity contribution >= 4 is 11.9 Å². The van der Waals surface area contributed by atoms with Gasteiger partial charge in [0.2, 0.25) is 5.91 Å². The van der Waals surface area contributed by atoms with Crippen LogP contribution in [0.15, 0.2) is 60.7 Å². The lowest BCUT2D eigenvalue weighted by atomic mass is 9.90. The van der Waals surface area contributed by atoms with Crippen LogP contribution in [-0.2, 0) is 35.4 Å². The summed E-state index contributed by atoms with van der Waals surface area (Å²) in [4.78, 5) is 25.3. The Balaban J connectivity index is 1.38. The number of ether oxygens (including phenoxy) is 1. The number of rotatable bonds is 10. The van der Waals surface area contributed by atoms with Crippen molar-refractivity contribution < 1.29 is 28.2 Å². The minimum Gasteiger partial charge on any atom is -0.487 e. The van der Waals surface area contributed by atoms with Gasteiger partial charge in [-0.2, -0.15) is 0 Å². The van der Waals surface area contributed by atoms with E-state index in [0.29, 0.717) is 12.3 Å². The van der Waals surface area contributed by atoms with Gasteiger partial charge in [-0.25, -0.2) is 8.78 Å². The molecule has 200 valence electrons. The summed E-state index contributed by atoms with van der Waals surface area (Å²) in [5.74, 6) is -1.82. The van der Waals surface area contributed by atoms with E-state index >= 15 is 0 Å². The molecule has 0 bridgehead atoms. The number of aliphatic carboxylic acids is 1. The fourth-order valence-corrected chi connectivity index (χ4v) is 5.01. The Hall–Kier alpha value is -3.74. The molecule has 0 unspecified atom stereocenters. The van der Waals surface area contributed by atoms with Gasteiger partial charge in [-0.15, -0.1) is 0 Å². The van der Waals surface area contributed by atoms with Crippen molar-refractivity contribution in [3.8, 4) is 5.75 Å². The quantitative estimate of drug-likeness (QED) is 0.352. The fraction of sp³-hybridized carbons (Fsp3) is 0.355. The molecule has 0 saturated heterocycles. The molecule has 3 aromatic carbocycles. The van der Waals surface area contributed by atoms with Crippen LogP contribution >= 0.6 is 0 Å². The first-order valence-electron chi connectivity index (χ1n) is 12.8. The summed E-state index contributed by atoms with van der Waals surface area (Å²) in [6.45, 7) is 5.71. The lowest BCUT2D eigenvalue weighted by molar-refractivity contribution is -0.144. The van der Waals surface area contributed by atoms with Crippen LogP contribution in [0.3, 0.4) is 0 Å². The lowest BCUT2D eigenvalue weighted by Crippen LogP contribution is -2.35. The topological polar surface area (TPSA) is 66.8 Å². The van der Waals surface area contributed by atoms with Gasteiger partial charge in [0.15, 0.2) is 0 Å². The number of fused-ring (bicyclic) bond motifs is 1. The minimum absolute atomic E-state index is 0.0736. The van der Waals surface area contributed by atoms with Gasteiger partial charge in [-0.05, 0) is 65.3 Å². The van der Waals surface area contributed by atoms with Crippen LogP contribution in [0.2, 0.25) is 0 Å². The molecule has 7 heteroatoms. The highest BCUT2D eigenvalue weighted by Gasteiger charge is 2.35. The molecule has 1 aliphatic rings. The minimum atomic E-state index is -1.19. The van der Waals surface area contributed by atoms with E-state index in [1.54, 1.807) is 0 Å². The van der Waals surface area contributed by atoms with Crippen molar-refractivity contribution in [3.63, 3.8) is 0 Å². The van der Waals surface area contributed by atoms with Crippen molar-refractivity contribution in [2.24, 2.45) is 0 Å². The molecule has 0 spiro atoms. The third kappa shape index (κ3) is 6.97. The first-order valence-corrected chi connectivity index (χ1v) is 12.8. The zero-order chi connectivity index (χ0) is 27.4. The average Bonchev–Trinajstić information content (AvgIpc) is 3.16. The molecule has 1 amide bonds. The van der Waals surface area contributed by atoms with Gasteiger partial charge in [0.25, 0.3) is 0 Å². The van der Waals surface area contributed by atoms with Gasteiger partial charge < -0.3 is 14.7 Å². The molecule has 0 aliphatic carbocycles. The predicted octanol–water partition coefficient (Wildman–Crippen LogP) is 6.07. The van der Waals surface area contributed by atoms with E-state index < -0.39 is 30.1 Å². The molecule has 1 aliphatic heterocycles. The van der Waals surface area contributed by atoms with Crippen LogP contribution < -0.4 is 4.74 Å². The number of hydrogen-bond acceptors (Lipinski definition) is 3. The number of aryl methyl sites for hydroxylation is 1. The Labute approximate surface area is 222 Å². The SMILES string of the molecule is CC(C)c1ccc(C[C@]2(C)Cc3cc(CCC(=O)N(CC(=O)O)Cc4cc(F)cc(F)c4)ccc3O2)cc1. The second kappa shape index (κ2) is 11.3. The second-order valence-corrected chi connectivity index (χ2v) is 10.7. The smallest absolute Gasteiger partial charge is 0.323 e. The van der Waals surface area contributed by atoms with Crippen LogP contribution in [0, 0.1) is 11.6 Å². The number of amides is 1. The summed E-state index contributed by atoms with van der Waals surface area (Å²) < 4.78 is 33.5. The Morgan fingerprint density at radius 2 is 1.63 bits per heavy atom. The van der Waals surface area contributed by atoms with Gasteiger partial charge in [0, 0.05) is 31.9 Å². The molecule has 4 rings (SSSR count). The van der Waals surface area contributed by atoms with Gasteiger partial charge in [-0.1, -0.05) is 50.2 Å². The maximum atomic E-state index is 13.6. The Kier molecular flexibility index (Phi) is 8.14. The zero-order valence-corrected chi connectivity index (χ0v) is 22.0. The summed E-state index contributed by atoms with van der Waals surface area (Å²) >= 11 is 0. The third-order valence-electron chi connectivity index (χ3n) is 6.87. The average molecular weight is 522 g/mol. The molecule has 0 fully saturated rings. The largest absolute Gasteiger partial charge is 0.487 e. The van der Waals surface area contributed by atoms with E-state index in [9.17, 15) is 23.5 Å². The summed E-state index contributed by atoms with van der Waals surface area (Å²) in [6.07, 6.45) is 2.00. The first-order chi connectivity index (χ1) is 18.0. The van der Waals surface area contributed by atoms with Crippen molar-refractivity contribution in [2.75, 3.05) is 6.54 Å². The molecule has 5 nitrogen and oxygen atoms in total. The molecule has 38 heavy (non-hydrogen) atoms. The van der Waals surface area contributed by atoms with Crippen LogP contribution in [0.25, 0.3) is 0 Å². The zero-order valence-electron chi connectivity index (χ0n) is 22.0. The number of halogens is 2. The van der Waals surface area contributed by atoms with Gasteiger partial charge in [0.1, 0.15) is 29.5 Å². The maximum absolute atomic E-state index is 13.6. The van der Waals surface area contributed by atoms with E-state index in [-0.39, 0.29) is 24.1 Å². The van der Waals surface area contributed by atoms with Crippen LogP contribution in [0.4, 0.5) is 8.78 Å². The van der Waals surface area contributed by atoms with E-state index in [1.165, 1.54) is 11.1 Å². The normalized spacial score (nSPS) is 16.3. The predicted molar refractivity (Wildman–Crippen MR) is 141 cm³/mol. The number of nitrogens with zero attached hydrogens (tertiary/aromatic N) is 1. The number of carboxylic acid groups (broad SMARTS) is 1. The van der Waals surface area contributed by atoms with E-state index in [1.807, 2.05) is 18.2 Å².